The lowest BCUT2D eigenvalue weighted by Crippen LogP contribution is -2.41. The van der Waals surface area contributed by atoms with Crippen molar-refractivity contribution in [3.05, 3.63) is 53.9 Å². The summed E-state index contributed by atoms with van der Waals surface area (Å²) in [7, 11) is 0. The SMILES string of the molecule is CCn1cc(C(=O)N[C@@H]2CN(Cc3ccccc3)C[C@H]2CO)cn1. The highest BCUT2D eigenvalue weighted by molar-refractivity contribution is 5.93. The van der Waals surface area contributed by atoms with E-state index in [1.807, 2.05) is 25.1 Å². The molecular formula is C18H24N4O2. The molecule has 1 aromatic carbocycles. The number of carbonyl (C=O) groups excluding carboxylic acids is 1. The summed E-state index contributed by atoms with van der Waals surface area (Å²) >= 11 is 0. The Kier molecular flexibility index (Phi) is 5.27. The van der Waals surface area contributed by atoms with Crippen LogP contribution in [0.4, 0.5) is 0 Å². The topological polar surface area (TPSA) is 70.4 Å². The van der Waals surface area contributed by atoms with Gasteiger partial charge < -0.3 is 10.4 Å². The second-order valence-electron chi connectivity index (χ2n) is 6.29. The third-order valence-corrected chi connectivity index (χ3v) is 4.54. The second-order valence-corrected chi connectivity index (χ2v) is 6.29. The van der Waals surface area contributed by atoms with Gasteiger partial charge in [-0.2, -0.15) is 5.10 Å². The average Bonchev–Trinajstić information content (AvgIpc) is 3.22. The first-order valence-electron chi connectivity index (χ1n) is 8.40. The maximum absolute atomic E-state index is 12.4. The van der Waals surface area contributed by atoms with Crippen LogP contribution in [0.1, 0.15) is 22.8 Å². The van der Waals surface area contributed by atoms with Gasteiger partial charge in [-0.15, -0.1) is 0 Å². The molecule has 2 atom stereocenters. The number of benzene rings is 1. The van der Waals surface area contributed by atoms with Crippen LogP contribution in [0.5, 0.6) is 0 Å². The molecule has 6 nitrogen and oxygen atoms in total. The maximum atomic E-state index is 12.4. The van der Waals surface area contributed by atoms with Gasteiger partial charge in [-0.1, -0.05) is 30.3 Å². The molecule has 1 amide bonds. The van der Waals surface area contributed by atoms with E-state index in [0.717, 1.165) is 26.2 Å². The number of likely N-dealkylation sites (tertiary alicyclic amines) is 1. The van der Waals surface area contributed by atoms with Crippen LogP contribution in [-0.2, 0) is 13.1 Å². The molecule has 0 aliphatic carbocycles. The molecule has 128 valence electrons. The largest absolute Gasteiger partial charge is 0.396 e. The lowest BCUT2D eigenvalue weighted by Gasteiger charge is -2.17. The molecular weight excluding hydrogens is 304 g/mol. The summed E-state index contributed by atoms with van der Waals surface area (Å²) in [5.41, 5.74) is 1.81. The highest BCUT2D eigenvalue weighted by Crippen LogP contribution is 2.19. The Labute approximate surface area is 142 Å². The molecule has 24 heavy (non-hydrogen) atoms. The third-order valence-electron chi connectivity index (χ3n) is 4.54. The zero-order chi connectivity index (χ0) is 16.9. The third kappa shape index (κ3) is 3.83. The van der Waals surface area contributed by atoms with Crippen LogP contribution >= 0.6 is 0 Å². The summed E-state index contributed by atoms with van der Waals surface area (Å²) in [6.07, 6.45) is 3.34. The van der Waals surface area contributed by atoms with E-state index in [-0.39, 0.29) is 24.5 Å². The van der Waals surface area contributed by atoms with E-state index >= 15 is 0 Å². The molecule has 1 fully saturated rings. The number of nitrogens with zero attached hydrogens (tertiary/aromatic N) is 3. The van der Waals surface area contributed by atoms with Crippen molar-refractivity contribution in [1.82, 2.24) is 20.0 Å². The Hall–Kier alpha value is -2.18. The molecule has 2 N–H and O–H groups in total. The van der Waals surface area contributed by atoms with Crippen LogP contribution in [-0.4, -0.2) is 51.4 Å². The van der Waals surface area contributed by atoms with Crippen molar-refractivity contribution in [2.24, 2.45) is 5.92 Å². The molecule has 0 saturated carbocycles. The first-order chi connectivity index (χ1) is 11.7. The van der Waals surface area contributed by atoms with Crippen molar-refractivity contribution < 1.29 is 9.90 Å². The highest BCUT2D eigenvalue weighted by Gasteiger charge is 2.33. The Morgan fingerprint density at radius 1 is 1.33 bits per heavy atom. The molecule has 0 bridgehead atoms. The van der Waals surface area contributed by atoms with Crippen molar-refractivity contribution in [3.63, 3.8) is 0 Å². The van der Waals surface area contributed by atoms with Crippen molar-refractivity contribution >= 4 is 5.91 Å². The van der Waals surface area contributed by atoms with Gasteiger partial charge in [0.1, 0.15) is 0 Å². The van der Waals surface area contributed by atoms with Gasteiger partial charge in [-0.3, -0.25) is 14.4 Å². The smallest absolute Gasteiger partial charge is 0.254 e. The fourth-order valence-electron chi connectivity index (χ4n) is 3.19. The van der Waals surface area contributed by atoms with E-state index in [0.29, 0.717) is 5.56 Å². The molecule has 0 unspecified atom stereocenters. The predicted octanol–water partition coefficient (Wildman–Crippen LogP) is 1.13. The molecule has 2 heterocycles. The average molecular weight is 328 g/mol. The van der Waals surface area contributed by atoms with Crippen molar-refractivity contribution in [2.75, 3.05) is 19.7 Å². The Morgan fingerprint density at radius 3 is 2.79 bits per heavy atom. The van der Waals surface area contributed by atoms with Gasteiger partial charge in [0.25, 0.3) is 5.91 Å². The van der Waals surface area contributed by atoms with Crippen LogP contribution in [0.3, 0.4) is 0 Å². The van der Waals surface area contributed by atoms with Crippen LogP contribution in [0.2, 0.25) is 0 Å². The number of hydrogen-bond acceptors (Lipinski definition) is 4. The van der Waals surface area contributed by atoms with Crippen molar-refractivity contribution in [2.45, 2.75) is 26.1 Å². The summed E-state index contributed by atoms with van der Waals surface area (Å²) in [5, 5.41) is 16.8. The number of rotatable bonds is 6. The van der Waals surface area contributed by atoms with Gasteiger partial charge in [0.05, 0.1) is 11.8 Å². The van der Waals surface area contributed by atoms with Gasteiger partial charge in [-0.05, 0) is 12.5 Å². The zero-order valence-corrected chi connectivity index (χ0v) is 13.9. The number of aryl methyl sites for hydroxylation is 1. The fraction of sp³-hybridized carbons (Fsp3) is 0.444. The van der Waals surface area contributed by atoms with E-state index in [1.54, 1.807) is 17.1 Å². The lowest BCUT2D eigenvalue weighted by atomic mass is 10.1. The molecule has 1 aliphatic heterocycles. The quantitative estimate of drug-likeness (QED) is 0.834. The number of nitrogens with one attached hydrogen (secondary N) is 1. The normalized spacial score (nSPS) is 21.1. The van der Waals surface area contributed by atoms with Crippen molar-refractivity contribution in [3.8, 4) is 0 Å². The summed E-state index contributed by atoms with van der Waals surface area (Å²) in [4.78, 5) is 14.7. The second kappa shape index (κ2) is 7.59. The molecule has 1 aliphatic rings. The zero-order valence-electron chi connectivity index (χ0n) is 13.9. The molecule has 6 heteroatoms. The molecule has 0 radical (unpaired) electrons. The van der Waals surface area contributed by atoms with E-state index in [4.69, 9.17) is 0 Å². The summed E-state index contributed by atoms with van der Waals surface area (Å²) in [6.45, 7) is 5.15. The number of hydrogen-bond donors (Lipinski definition) is 2. The predicted molar refractivity (Wildman–Crippen MR) is 91.5 cm³/mol. The summed E-state index contributed by atoms with van der Waals surface area (Å²) < 4.78 is 1.73. The Balaban J connectivity index is 1.61. The molecule has 3 rings (SSSR count). The van der Waals surface area contributed by atoms with E-state index in [9.17, 15) is 9.90 Å². The number of aliphatic hydroxyl groups excluding tert-OH is 1. The minimum Gasteiger partial charge on any atom is -0.396 e. The molecule has 0 spiro atoms. The van der Waals surface area contributed by atoms with Gasteiger partial charge in [0, 0.05) is 50.9 Å². The number of amides is 1. The van der Waals surface area contributed by atoms with Crippen LogP contribution in [0.15, 0.2) is 42.7 Å². The van der Waals surface area contributed by atoms with Crippen LogP contribution < -0.4 is 5.32 Å². The highest BCUT2D eigenvalue weighted by atomic mass is 16.3. The molecule has 2 aromatic rings. The number of aliphatic hydroxyl groups is 1. The van der Waals surface area contributed by atoms with E-state index in [1.165, 1.54) is 5.56 Å². The Morgan fingerprint density at radius 2 is 2.12 bits per heavy atom. The summed E-state index contributed by atoms with van der Waals surface area (Å²) in [6, 6.07) is 10.2. The van der Waals surface area contributed by atoms with Crippen LogP contribution in [0.25, 0.3) is 0 Å². The van der Waals surface area contributed by atoms with Gasteiger partial charge >= 0.3 is 0 Å². The number of aromatic nitrogens is 2. The summed E-state index contributed by atoms with van der Waals surface area (Å²) in [5.74, 6) is -0.0707. The minimum atomic E-state index is -0.125. The van der Waals surface area contributed by atoms with E-state index in [2.05, 4.69) is 27.4 Å². The molecule has 1 saturated heterocycles. The van der Waals surface area contributed by atoms with Gasteiger partial charge in [0.2, 0.25) is 0 Å². The minimum absolute atomic E-state index is 0.0452. The van der Waals surface area contributed by atoms with Crippen LogP contribution in [0, 0.1) is 5.92 Å². The van der Waals surface area contributed by atoms with Gasteiger partial charge in [0.15, 0.2) is 0 Å². The number of carbonyl (C=O) groups is 1. The Bertz CT molecular complexity index is 671. The lowest BCUT2D eigenvalue weighted by molar-refractivity contribution is 0.0921. The molecule has 1 aromatic heterocycles. The first kappa shape index (κ1) is 16.7. The fourth-order valence-corrected chi connectivity index (χ4v) is 3.19. The first-order valence-corrected chi connectivity index (χ1v) is 8.40. The van der Waals surface area contributed by atoms with Gasteiger partial charge in [-0.25, -0.2) is 0 Å². The standard InChI is InChI=1S/C18H24N4O2/c1-2-22-11-15(8-19-22)18(24)20-17-12-21(10-16(17)13-23)9-14-6-4-3-5-7-14/h3-8,11,16-17,23H,2,9-10,12-13H2,1H3,(H,20,24)/t16-,17+/m0/s1. The maximum Gasteiger partial charge on any atom is 0.254 e. The monoisotopic (exact) mass is 328 g/mol. The van der Waals surface area contributed by atoms with Crippen molar-refractivity contribution in [1.29, 1.82) is 0 Å². The van der Waals surface area contributed by atoms with E-state index < -0.39 is 0 Å².